The number of guanidine groups is 1. The number of methoxy groups -OCH3 is 3. The van der Waals surface area contributed by atoms with Crippen LogP contribution in [-0.4, -0.2) is 46.0 Å². The molecule has 2 atom stereocenters. The van der Waals surface area contributed by atoms with E-state index in [2.05, 4.69) is 36.4 Å². The van der Waals surface area contributed by atoms with Crippen molar-refractivity contribution >= 4 is 11.6 Å². The summed E-state index contributed by atoms with van der Waals surface area (Å²) in [4.78, 5) is 4.32. The van der Waals surface area contributed by atoms with E-state index in [4.69, 9.17) is 14.2 Å². The summed E-state index contributed by atoms with van der Waals surface area (Å²) in [5, 5.41) is 6.78. The van der Waals surface area contributed by atoms with Crippen LogP contribution in [0.1, 0.15) is 27.2 Å². The zero-order valence-electron chi connectivity index (χ0n) is 15.7. The van der Waals surface area contributed by atoms with Crippen LogP contribution in [0.15, 0.2) is 23.2 Å². The summed E-state index contributed by atoms with van der Waals surface area (Å²) in [7, 11) is 6.78. The summed E-state index contributed by atoms with van der Waals surface area (Å²) >= 11 is 0. The third kappa shape index (κ3) is 3.15. The summed E-state index contributed by atoms with van der Waals surface area (Å²) in [6, 6.07) is 5.97. The Bertz CT molecular complexity index is 616. The van der Waals surface area contributed by atoms with Crippen molar-refractivity contribution in [1.82, 2.24) is 5.32 Å². The summed E-state index contributed by atoms with van der Waals surface area (Å²) in [5.74, 6) is 2.09. The number of rotatable bonds is 5. The molecule has 0 spiro atoms. The maximum atomic E-state index is 5.68. The van der Waals surface area contributed by atoms with Gasteiger partial charge in [-0.15, -0.1) is 0 Å². The van der Waals surface area contributed by atoms with Crippen LogP contribution in [0, 0.1) is 5.41 Å². The van der Waals surface area contributed by atoms with Gasteiger partial charge in [0.1, 0.15) is 0 Å². The molecule has 24 heavy (non-hydrogen) atoms. The lowest BCUT2D eigenvalue weighted by atomic mass is 9.56. The molecule has 0 saturated heterocycles. The van der Waals surface area contributed by atoms with Crippen molar-refractivity contribution in [1.29, 1.82) is 0 Å². The molecule has 1 fully saturated rings. The number of nitrogens with zero attached hydrogens (tertiary/aromatic N) is 1. The van der Waals surface area contributed by atoms with Crippen molar-refractivity contribution in [3.63, 3.8) is 0 Å². The van der Waals surface area contributed by atoms with Gasteiger partial charge in [-0.25, -0.2) is 0 Å². The highest BCUT2D eigenvalue weighted by atomic mass is 16.5. The summed E-state index contributed by atoms with van der Waals surface area (Å²) < 4.78 is 16.3. The van der Waals surface area contributed by atoms with E-state index in [1.165, 1.54) is 0 Å². The fourth-order valence-electron chi connectivity index (χ4n) is 3.10. The van der Waals surface area contributed by atoms with Gasteiger partial charge in [-0.05, 0) is 25.5 Å². The molecular formula is C18H29N3O3. The third-order valence-corrected chi connectivity index (χ3v) is 5.46. The van der Waals surface area contributed by atoms with Gasteiger partial charge >= 0.3 is 0 Å². The number of benzene rings is 1. The molecule has 2 rings (SSSR count). The zero-order chi connectivity index (χ0) is 18.0. The quantitative estimate of drug-likeness (QED) is 0.640. The summed E-state index contributed by atoms with van der Waals surface area (Å²) in [5.41, 5.74) is 0.775. The van der Waals surface area contributed by atoms with E-state index in [1.807, 2.05) is 18.2 Å². The molecule has 2 N–H and O–H groups in total. The molecule has 6 nitrogen and oxygen atoms in total. The van der Waals surface area contributed by atoms with Crippen LogP contribution >= 0.6 is 0 Å². The molecule has 0 aliphatic heterocycles. The second-order valence-corrected chi connectivity index (χ2v) is 6.82. The smallest absolute Gasteiger partial charge is 0.195 e. The van der Waals surface area contributed by atoms with E-state index < -0.39 is 0 Å². The predicted molar refractivity (Wildman–Crippen MR) is 97.3 cm³/mol. The maximum absolute atomic E-state index is 5.68. The molecule has 0 aromatic heterocycles. The van der Waals surface area contributed by atoms with Crippen LogP contribution in [0.4, 0.5) is 5.69 Å². The maximum Gasteiger partial charge on any atom is 0.195 e. The highest BCUT2D eigenvalue weighted by Crippen LogP contribution is 2.51. The van der Waals surface area contributed by atoms with Crippen molar-refractivity contribution in [2.45, 2.75) is 38.8 Å². The molecule has 1 aromatic rings. The van der Waals surface area contributed by atoms with Crippen molar-refractivity contribution in [2.24, 2.45) is 10.4 Å². The molecule has 1 aromatic carbocycles. The number of aliphatic imine (C=N–C) groups is 1. The van der Waals surface area contributed by atoms with Gasteiger partial charge in [0, 0.05) is 37.4 Å². The molecule has 0 amide bonds. The largest absolute Gasteiger partial charge is 0.493 e. The van der Waals surface area contributed by atoms with Gasteiger partial charge in [-0.2, -0.15) is 0 Å². The second-order valence-electron chi connectivity index (χ2n) is 6.82. The van der Waals surface area contributed by atoms with Gasteiger partial charge in [-0.1, -0.05) is 13.8 Å². The summed E-state index contributed by atoms with van der Waals surface area (Å²) in [6.07, 6.45) is 0.934. The average Bonchev–Trinajstić information content (AvgIpc) is 2.59. The minimum absolute atomic E-state index is 0.0109. The van der Waals surface area contributed by atoms with E-state index in [9.17, 15) is 0 Å². The molecule has 1 saturated carbocycles. The van der Waals surface area contributed by atoms with E-state index in [0.717, 1.165) is 18.1 Å². The molecule has 134 valence electrons. The van der Waals surface area contributed by atoms with E-state index in [1.54, 1.807) is 28.4 Å². The van der Waals surface area contributed by atoms with Gasteiger partial charge in [0.2, 0.25) is 0 Å². The van der Waals surface area contributed by atoms with Crippen molar-refractivity contribution in [3.05, 3.63) is 18.2 Å². The first kappa shape index (κ1) is 18.4. The lowest BCUT2D eigenvalue weighted by Gasteiger charge is -2.59. The van der Waals surface area contributed by atoms with Crippen LogP contribution in [-0.2, 0) is 4.74 Å². The van der Waals surface area contributed by atoms with E-state index >= 15 is 0 Å². The van der Waals surface area contributed by atoms with Crippen LogP contribution in [0.5, 0.6) is 11.5 Å². The lowest BCUT2D eigenvalue weighted by Crippen LogP contribution is -2.69. The van der Waals surface area contributed by atoms with E-state index in [-0.39, 0.29) is 17.1 Å². The number of nitrogens with one attached hydrogen (secondary N) is 2. The van der Waals surface area contributed by atoms with Crippen LogP contribution in [0.2, 0.25) is 0 Å². The van der Waals surface area contributed by atoms with Gasteiger partial charge in [0.15, 0.2) is 17.5 Å². The second kappa shape index (κ2) is 6.89. The zero-order valence-corrected chi connectivity index (χ0v) is 15.7. The van der Waals surface area contributed by atoms with Crippen LogP contribution in [0.3, 0.4) is 0 Å². The Balaban J connectivity index is 2.07. The highest BCUT2D eigenvalue weighted by molar-refractivity contribution is 5.94. The fourth-order valence-corrected chi connectivity index (χ4v) is 3.10. The number of ether oxygens (including phenoxy) is 3. The lowest BCUT2D eigenvalue weighted by molar-refractivity contribution is -0.176. The molecule has 0 heterocycles. The highest BCUT2D eigenvalue weighted by Gasteiger charge is 2.58. The number of hydrogen-bond acceptors (Lipinski definition) is 4. The van der Waals surface area contributed by atoms with Gasteiger partial charge in [0.25, 0.3) is 0 Å². The molecule has 1 aliphatic rings. The minimum Gasteiger partial charge on any atom is -0.493 e. The normalized spacial score (nSPS) is 25.6. The number of hydrogen-bond donors (Lipinski definition) is 2. The Hall–Kier alpha value is -1.95. The standard InChI is InChI=1S/C18H29N3O3/c1-17(2)15(11-18(17,3)24-7)21-16(19-4)20-12-8-9-13(22-5)14(10-12)23-6/h8-10,15H,11H2,1-7H3,(H2,19,20,21). The van der Waals surface area contributed by atoms with Crippen LogP contribution < -0.4 is 20.1 Å². The Morgan fingerprint density at radius 3 is 2.29 bits per heavy atom. The topological polar surface area (TPSA) is 64.1 Å². The van der Waals surface area contributed by atoms with Gasteiger partial charge < -0.3 is 24.8 Å². The van der Waals surface area contributed by atoms with Crippen LogP contribution in [0.25, 0.3) is 0 Å². The first-order chi connectivity index (χ1) is 11.3. The van der Waals surface area contributed by atoms with Crippen molar-refractivity contribution in [2.75, 3.05) is 33.7 Å². The molecular weight excluding hydrogens is 306 g/mol. The Morgan fingerprint density at radius 2 is 1.79 bits per heavy atom. The third-order valence-electron chi connectivity index (χ3n) is 5.46. The molecule has 0 radical (unpaired) electrons. The Morgan fingerprint density at radius 1 is 1.12 bits per heavy atom. The molecule has 6 heteroatoms. The number of anilines is 1. The SMILES string of the molecule is CN=C(Nc1ccc(OC)c(OC)c1)NC1CC(C)(OC)C1(C)C. The first-order valence-electron chi connectivity index (χ1n) is 8.09. The van der Waals surface area contributed by atoms with Gasteiger partial charge in [0.05, 0.1) is 19.8 Å². The van der Waals surface area contributed by atoms with Crippen molar-refractivity contribution < 1.29 is 14.2 Å². The molecule has 1 aliphatic carbocycles. The molecule has 2 unspecified atom stereocenters. The summed E-state index contributed by atoms with van der Waals surface area (Å²) in [6.45, 7) is 6.57. The first-order valence-corrected chi connectivity index (χ1v) is 8.09. The Kier molecular flexibility index (Phi) is 5.28. The monoisotopic (exact) mass is 335 g/mol. The predicted octanol–water partition coefficient (Wildman–Crippen LogP) is 2.89. The molecule has 0 bridgehead atoms. The Labute approximate surface area is 144 Å². The van der Waals surface area contributed by atoms with Crippen molar-refractivity contribution in [3.8, 4) is 11.5 Å². The minimum atomic E-state index is -0.118. The van der Waals surface area contributed by atoms with E-state index in [0.29, 0.717) is 11.5 Å². The average molecular weight is 335 g/mol. The fraction of sp³-hybridized carbons (Fsp3) is 0.611. The van der Waals surface area contributed by atoms with Gasteiger partial charge in [-0.3, -0.25) is 4.99 Å².